The van der Waals surface area contributed by atoms with E-state index in [-0.39, 0.29) is 5.75 Å². The topological polar surface area (TPSA) is 61.8 Å². The molecule has 1 aliphatic heterocycles. The van der Waals surface area contributed by atoms with Crippen molar-refractivity contribution in [2.45, 2.75) is 51.3 Å². The van der Waals surface area contributed by atoms with Gasteiger partial charge in [0.2, 0.25) is 0 Å². The number of aryl methyl sites for hydroxylation is 2. The van der Waals surface area contributed by atoms with Gasteiger partial charge in [0, 0.05) is 19.6 Å². The van der Waals surface area contributed by atoms with E-state index < -0.39 is 14.6 Å². The summed E-state index contributed by atoms with van der Waals surface area (Å²) in [6, 6.07) is 6.68. The van der Waals surface area contributed by atoms with Crippen LogP contribution in [0.4, 0.5) is 0 Å². The molecule has 1 fully saturated rings. The summed E-state index contributed by atoms with van der Waals surface area (Å²) in [5, 5.41) is 3.32. The highest BCUT2D eigenvalue weighted by atomic mass is 32.2. The van der Waals surface area contributed by atoms with Crippen molar-refractivity contribution in [3.63, 3.8) is 0 Å². The highest BCUT2D eigenvalue weighted by Crippen LogP contribution is 2.25. The quantitative estimate of drug-likeness (QED) is 0.660. The molecule has 0 amide bonds. The lowest BCUT2D eigenvalue weighted by molar-refractivity contribution is 0.353. The van der Waals surface area contributed by atoms with Crippen LogP contribution >= 0.6 is 0 Å². The Morgan fingerprint density at radius 2 is 2.04 bits per heavy atom. The minimum absolute atomic E-state index is 0.184. The van der Waals surface area contributed by atoms with Crippen molar-refractivity contribution in [2.75, 3.05) is 25.4 Å². The van der Waals surface area contributed by atoms with Crippen LogP contribution in [0.2, 0.25) is 0 Å². The van der Waals surface area contributed by atoms with Gasteiger partial charge in [-0.1, -0.05) is 18.2 Å². The van der Waals surface area contributed by atoms with Crippen molar-refractivity contribution >= 4 is 15.8 Å². The molecule has 0 saturated carbocycles. The van der Waals surface area contributed by atoms with Crippen molar-refractivity contribution in [3.05, 3.63) is 34.9 Å². The molecule has 25 heavy (non-hydrogen) atoms. The molecular formula is C19H29N3O2S. The second kappa shape index (κ2) is 6.98. The third-order valence-electron chi connectivity index (χ3n) is 5.25. The minimum Gasteiger partial charge on any atom is -0.357 e. The summed E-state index contributed by atoms with van der Waals surface area (Å²) in [6.45, 7) is 8.02. The molecule has 1 N–H and O–H groups in total. The minimum atomic E-state index is -3.04. The number of nitrogens with one attached hydrogen (secondary N) is 1. The van der Waals surface area contributed by atoms with Crippen LogP contribution in [0.1, 0.15) is 43.9 Å². The first-order chi connectivity index (χ1) is 11.8. The first-order valence-corrected chi connectivity index (χ1v) is 10.8. The normalized spacial score (nSPS) is 21.9. The van der Waals surface area contributed by atoms with Crippen LogP contribution in [0.5, 0.6) is 0 Å². The van der Waals surface area contributed by atoms with Crippen molar-refractivity contribution in [1.29, 1.82) is 0 Å². The fourth-order valence-electron chi connectivity index (χ4n) is 3.64. The number of hydrogen-bond acceptors (Lipinski definition) is 3. The molecule has 1 aliphatic carbocycles. The molecule has 1 aromatic carbocycles. The highest BCUT2D eigenvalue weighted by molar-refractivity contribution is 7.92. The number of nitrogens with zero attached hydrogens (tertiary/aromatic N) is 2. The Bertz CT molecular complexity index is 769. The predicted molar refractivity (Wildman–Crippen MR) is 103 cm³/mol. The number of aliphatic imine (C=N–C) groups is 1. The van der Waals surface area contributed by atoms with Crippen LogP contribution in [-0.2, 0) is 29.2 Å². The monoisotopic (exact) mass is 363 g/mol. The average molecular weight is 364 g/mol. The Morgan fingerprint density at radius 3 is 2.76 bits per heavy atom. The number of fused-ring (bicyclic) bond motifs is 1. The number of guanidine groups is 1. The molecule has 138 valence electrons. The molecule has 5 nitrogen and oxygen atoms in total. The third kappa shape index (κ3) is 3.84. The molecule has 0 bridgehead atoms. The summed E-state index contributed by atoms with van der Waals surface area (Å²) in [5.74, 6) is 0.995. The largest absolute Gasteiger partial charge is 0.357 e. The zero-order chi connectivity index (χ0) is 18.1. The summed E-state index contributed by atoms with van der Waals surface area (Å²) in [7, 11) is -3.04. The van der Waals surface area contributed by atoms with E-state index in [2.05, 4.69) is 28.4 Å². The maximum atomic E-state index is 12.2. The van der Waals surface area contributed by atoms with Gasteiger partial charge in [0.15, 0.2) is 15.8 Å². The van der Waals surface area contributed by atoms with Gasteiger partial charge >= 0.3 is 0 Å². The van der Waals surface area contributed by atoms with Gasteiger partial charge in [0.1, 0.15) is 0 Å². The second-order valence-corrected chi connectivity index (χ2v) is 10.4. The Labute approximate surface area is 151 Å². The van der Waals surface area contributed by atoms with E-state index in [1.807, 2.05) is 6.92 Å². The Kier molecular flexibility index (Phi) is 5.09. The van der Waals surface area contributed by atoms with E-state index in [0.29, 0.717) is 19.6 Å². The lowest BCUT2D eigenvalue weighted by atomic mass is 10.1. The van der Waals surface area contributed by atoms with Gasteiger partial charge in [0.05, 0.1) is 17.0 Å². The van der Waals surface area contributed by atoms with Crippen LogP contribution in [0, 0.1) is 0 Å². The van der Waals surface area contributed by atoms with Crippen molar-refractivity contribution in [1.82, 2.24) is 10.2 Å². The van der Waals surface area contributed by atoms with Gasteiger partial charge < -0.3 is 10.2 Å². The zero-order valence-electron chi connectivity index (χ0n) is 15.5. The number of sulfone groups is 1. The molecule has 0 radical (unpaired) electrons. The molecule has 0 aromatic heterocycles. The lowest BCUT2D eigenvalue weighted by Gasteiger charge is -2.39. The fraction of sp³-hybridized carbons (Fsp3) is 0.632. The molecule has 0 spiro atoms. The zero-order valence-corrected chi connectivity index (χ0v) is 16.3. The summed E-state index contributed by atoms with van der Waals surface area (Å²) in [4.78, 5) is 6.86. The molecular weight excluding hydrogens is 334 g/mol. The van der Waals surface area contributed by atoms with Crippen molar-refractivity contribution < 1.29 is 8.42 Å². The SMILES string of the molecule is CCNC(=NCc1ccc2c(c1)CCC2)N1CCS(=O)(=O)C(C)(C)C1. The Morgan fingerprint density at radius 1 is 1.28 bits per heavy atom. The molecule has 1 aromatic rings. The van der Waals surface area contributed by atoms with Crippen molar-refractivity contribution in [2.24, 2.45) is 4.99 Å². The molecule has 0 atom stereocenters. The lowest BCUT2D eigenvalue weighted by Crippen LogP contribution is -2.57. The first kappa shape index (κ1) is 18.2. The fourth-order valence-corrected chi connectivity index (χ4v) is 5.01. The maximum Gasteiger partial charge on any atom is 0.194 e. The molecule has 1 saturated heterocycles. The molecule has 3 rings (SSSR count). The summed E-state index contributed by atoms with van der Waals surface area (Å²) < 4.78 is 23.7. The Balaban J connectivity index is 1.75. The maximum absolute atomic E-state index is 12.2. The number of benzene rings is 1. The van der Waals surface area contributed by atoms with Gasteiger partial charge in [-0.05, 0) is 56.7 Å². The van der Waals surface area contributed by atoms with Crippen LogP contribution < -0.4 is 5.32 Å². The first-order valence-electron chi connectivity index (χ1n) is 9.18. The number of hydrogen-bond donors (Lipinski definition) is 1. The highest BCUT2D eigenvalue weighted by Gasteiger charge is 2.40. The molecule has 2 aliphatic rings. The summed E-state index contributed by atoms with van der Waals surface area (Å²) >= 11 is 0. The average Bonchev–Trinajstić information content (AvgIpc) is 3.02. The smallest absolute Gasteiger partial charge is 0.194 e. The van der Waals surface area contributed by atoms with E-state index >= 15 is 0 Å². The van der Waals surface area contributed by atoms with Crippen LogP contribution in [0.15, 0.2) is 23.2 Å². The van der Waals surface area contributed by atoms with E-state index in [1.165, 1.54) is 36.0 Å². The van der Waals surface area contributed by atoms with Crippen molar-refractivity contribution in [3.8, 4) is 0 Å². The van der Waals surface area contributed by atoms with Gasteiger partial charge in [-0.25, -0.2) is 13.4 Å². The van der Waals surface area contributed by atoms with Gasteiger partial charge in [-0.2, -0.15) is 0 Å². The Hall–Kier alpha value is -1.56. The standard InChI is InChI=1S/C19H29N3O2S/c1-4-20-18(22-10-11-25(23,24)19(2,3)14-22)21-13-15-8-9-16-6-5-7-17(16)12-15/h8-9,12H,4-7,10-11,13-14H2,1-3H3,(H,20,21). The predicted octanol–water partition coefficient (Wildman–Crippen LogP) is 2.15. The van der Waals surface area contributed by atoms with E-state index in [0.717, 1.165) is 12.5 Å². The van der Waals surface area contributed by atoms with Crippen LogP contribution in [0.3, 0.4) is 0 Å². The van der Waals surface area contributed by atoms with E-state index in [9.17, 15) is 8.42 Å². The molecule has 0 unspecified atom stereocenters. The summed E-state index contributed by atoms with van der Waals surface area (Å²) in [6.07, 6.45) is 3.62. The number of rotatable bonds is 3. The van der Waals surface area contributed by atoms with E-state index in [1.54, 1.807) is 13.8 Å². The van der Waals surface area contributed by atoms with Gasteiger partial charge in [-0.3, -0.25) is 0 Å². The summed E-state index contributed by atoms with van der Waals surface area (Å²) in [5.41, 5.74) is 4.16. The van der Waals surface area contributed by atoms with Crippen LogP contribution in [-0.4, -0.2) is 49.4 Å². The van der Waals surface area contributed by atoms with E-state index in [4.69, 9.17) is 4.99 Å². The van der Waals surface area contributed by atoms with Gasteiger partial charge in [0.25, 0.3) is 0 Å². The van der Waals surface area contributed by atoms with Crippen LogP contribution in [0.25, 0.3) is 0 Å². The third-order valence-corrected chi connectivity index (χ3v) is 7.79. The second-order valence-electron chi connectivity index (χ2n) is 7.63. The molecule has 1 heterocycles. The van der Waals surface area contributed by atoms with Gasteiger partial charge in [-0.15, -0.1) is 0 Å². The molecule has 6 heteroatoms.